The van der Waals surface area contributed by atoms with Crippen molar-refractivity contribution in [3.05, 3.63) is 0 Å². The Morgan fingerprint density at radius 2 is 1.36 bits per heavy atom. The first-order valence-corrected chi connectivity index (χ1v) is 4.89. The molecular weight excluding hydrogens is 184 g/mol. The van der Waals surface area contributed by atoms with Crippen molar-refractivity contribution in [1.82, 2.24) is 0 Å². The first-order chi connectivity index (χ1) is 6.12. The summed E-state index contributed by atoms with van der Waals surface area (Å²) in [6, 6.07) is 0. The second-order valence-electron chi connectivity index (χ2n) is 4.05. The summed E-state index contributed by atoms with van der Waals surface area (Å²) in [5.74, 6) is 0. The van der Waals surface area contributed by atoms with Crippen LogP contribution in [0.4, 0.5) is 0 Å². The molecule has 0 fully saturated rings. The number of rotatable bonds is 3. The number of aliphatic hydroxyl groups excluding tert-OH is 3. The van der Waals surface area contributed by atoms with Gasteiger partial charge in [-0.3, -0.25) is 0 Å². The highest BCUT2D eigenvalue weighted by Gasteiger charge is 2.18. The third kappa shape index (κ3) is 9.92. The van der Waals surface area contributed by atoms with Crippen molar-refractivity contribution in [2.75, 3.05) is 0 Å². The molecule has 4 N–H and O–H groups in total. The molecule has 0 spiro atoms. The van der Waals surface area contributed by atoms with Crippen molar-refractivity contribution in [3.63, 3.8) is 0 Å². The van der Waals surface area contributed by atoms with Gasteiger partial charge in [-0.25, -0.2) is 0 Å². The molecule has 0 heterocycles. The minimum Gasteiger partial charge on any atom is -0.391 e. The van der Waals surface area contributed by atoms with Gasteiger partial charge in [0.05, 0.1) is 23.9 Å². The Morgan fingerprint density at radius 1 is 1.07 bits per heavy atom. The van der Waals surface area contributed by atoms with E-state index in [0.717, 1.165) is 0 Å². The van der Waals surface area contributed by atoms with Gasteiger partial charge in [-0.1, -0.05) is 6.92 Å². The van der Waals surface area contributed by atoms with Crippen LogP contribution in [0.15, 0.2) is 0 Å². The summed E-state index contributed by atoms with van der Waals surface area (Å²) in [5, 5.41) is 34.7. The molecule has 0 aliphatic heterocycles. The Bertz CT molecular complexity index is 127. The molecule has 0 aliphatic carbocycles. The summed E-state index contributed by atoms with van der Waals surface area (Å²) in [4.78, 5) is 0. The van der Waals surface area contributed by atoms with Crippen molar-refractivity contribution < 1.29 is 20.4 Å². The Balaban J connectivity index is 0. The maximum Gasteiger partial charge on any atom is 0.0846 e. The van der Waals surface area contributed by atoms with Crippen LogP contribution >= 0.6 is 0 Å². The predicted octanol–water partition coefficient (Wildman–Crippen LogP) is 0.276. The van der Waals surface area contributed by atoms with E-state index in [1.165, 1.54) is 0 Å². The average Bonchev–Trinajstić information content (AvgIpc) is 2.02. The smallest absolute Gasteiger partial charge is 0.0846 e. The fraction of sp³-hybridized carbons (Fsp3) is 1.00. The third-order valence-corrected chi connectivity index (χ3v) is 2.00. The maximum atomic E-state index is 8.84. The summed E-state index contributed by atoms with van der Waals surface area (Å²) < 4.78 is 0. The third-order valence-electron chi connectivity index (χ3n) is 2.00. The van der Waals surface area contributed by atoms with Gasteiger partial charge in [0, 0.05) is 0 Å². The van der Waals surface area contributed by atoms with Crippen molar-refractivity contribution in [2.45, 2.75) is 65.0 Å². The van der Waals surface area contributed by atoms with Gasteiger partial charge in [0.15, 0.2) is 0 Å². The largest absolute Gasteiger partial charge is 0.391 e. The van der Waals surface area contributed by atoms with Crippen molar-refractivity contribution in [2.24, 2.45) is 0 Å². The highest BCUT2D eigenvalue weighted by atomic mass is 16.3. The van der Waals surface area contributed by atoms with Crippen molar-refractivity contribution in [1.29, 1.82) is 0 Å². The van der Waals surface area contributed by atoms with Gasteiger partial charge in [0.1, 0.15) is 0 Å². The first-order valence-electron chi connectivity index (χ1n) is 4.89. The second-order valence-corrected chi connectivity index (χ2v) is 4.05. The molecule has 3 unspecified atom stereocenters. The monoisotopic (exact) mass is 208 g/mol. The van der Waals surface area contributed by atoms with E-state index in [1.807, 2.05) is 6.92 Å². The average molecular weight is 208 g/mol. The molecule has 0 aromatic carbocycles. The van der Waals surface area contributed by atoms with Crippen LogP contribution in [-0.4, -0.2) is 44.3 Å². The highest BCUT2D eigenvalue weighted by Crippen LogP contribution is 2.05. The highest BCUT2D eigenvalue weighted by molar-refractivity contribution is 4.70. The second kappa shape index (κ2) is 7.17. The summed E-state index contributed by atoms with van der Waals surface area (Å²) in [7, 11) is 0. The summed E-state index contributed by atoms with van der Waals surface area (Å²) in [5.41, 5.74) is -0.944. The zero-order chi connectivity index (χ0) is 11.9. The van der Waals surface area contributed by atoms with E-state index >= 15 is 0 Å². The molecular formula is C10H24O4. The Hall–Kier alpha value is -0.160. The van der Waals surface area contributed by atoms with Crippen LogP contribution in [0.3, 0.4) is 0 Å². The van der Waals surface area contributed by atoms with Crippen LogP contribution in [0.2, 0.25) is 0 Å². The normalized spacial score (nSPS) is 17.8. The summed E-state index contributed by atoms with van der Waals surface area (Å²) >= 11 is 0. The van der Waals surface area contributed by atoms with Crippen molar-refractivity contribution in [3.8, 4) is 0 Å². The number of hydrogen-bond donors (Lipinski definition) is 4. The molecule has 0 radical (unpaired) electrons. The van der Waals surface area contributed by atoms with E-state index in [1.54, 1.807) is 27.7 Å². The van der Waals surface area contributed by atoms with Gasteiger partial charge in [0.2, 0.25) is 0 Å². The lowest BCUT2D eigenvalue weighted by Gasteiger charge is -2.19. The molecule has 0 bridgehead atoms. The molecule has 3 atom stereocenters. The van der Waals surface area contributed by atoms with E-state index in [-0.39, 0.29) is 0 Å². The fourth-order valence-electron chi connectivity index (χ4n) is 0.341. The summed E-state index contributed by atoms with van der Waals surface area (Å²) in [6.07, 6.45) is -1.14. The predicted molar refractivity (Wildman–Crippen MR) is 56.0 cm³/mol. The van der Waals surface area contributed by atoms with Crippen LogP contribution in [0.5, 0.6) is 0 Å². The fourth-order valence-corrected chi connectivity index (χ4v) is 0.341. The Labute approximate surface area is 86.2 Å². The molecule has 0 saturated carbocycles. The Morgan fingerprint density at radius 3 is 1.36 bits per heavy atom. The number of aliphatic hydroxyl groups is 4. The van der Waals surface area contributed by atoms with E-state index in [9.17, 15) is 0 Å². The molecule has 0 saturated heterocycles. The molecule has 0 aromatic heterocycles. The van der Waals surface area contributed by atoms with Crippen molar-refractivity contribution >= 4 is 0 Å². The zero-order valence-corrected chi connectivity index (χ0v) is 9.73. The van der Waals surface area contributed by atoms with Gasteiger partial charge in [-0.2, -0.15) is 0 Å². The van der Waals surface area contributed by atoms with Gasteiger partial charge >= 0.3 is 0 Å². The van der Waals surface area contributed by atoms with Gasteiger partial charge < -0.3 is 20.4 Å². The first kappa shape index (κ1) is 16.3. The molecule has 4 heteroatoms. The molecule has 0 aromatic rings. The SMILES string of the molecule is CC(O)C(C)(C)O.CCC(O)C(C)O. The standard InChI is InChI=1S/2C5H12O2/c1-4(6)5(2,3)7;1-3-5(7)4(2)6/h4,6-7H,1-3H3;4-7H,3H2,1-2H3. The zero-order valence-electron chi connectivity index (χ0n) is 9.73. The van der Waals surface area contributed by atoms with Crippen LogP contribution in [0.1, 0.15) is 41.0 Å². The van der Waals surface area contributed by atoms with Crippen LogP contribution in [0.25, 0.3) is 0 Å². The van der Waals surface area contributed by atoms with Gasteiger partial charge in [-0.05, 0) is 34.1 Å². The summed E-state index contributed by atoms with van der Waals surface area (Å²) in [6.45, 7) is 8.10. The molecule has 0 amide bonds. The quantitative estimate of drug-likeness (QED) is 0.537. The minimum atomic E-state index is -0.944. The molecule has 0 aliphatic rings. The number of hydrogen-bond acceptors (Lipinski definition) is 4. The lowest BCUT2D eigenvalue weighted by molar-refractivity contribution is -0.0375. The molecule has 4 nitrogen and oxygen atoms in total. The van der Waals surface area contributed by atoms with Crippen LogP contribution < -0.4 is 0 Å². The minimum absolute atomic E-state index is 0.542. The van der Waals surface area contributed by atoms with Gasteiger partial charge in [-0.15, -0.1) is 0 Å². The lowest BCUT2D eigenvalue weighted by atomic mass is 10.0. The molecule has 14 heavy (non-hydrogen) atoms. The van der Waals surface area contributed by atoms with E-state index in [2.05, 4.69) is 0 Å². The van der Waals surface area contributed by atoms with Gasteiger partial charge in [0.25, 0.3) is 0 Å². The Kier molecular flexibility index (Phi) is 8.34. The van der Waals surface area contributed by atoms with Crippen LogP contribution in [-0.2, 0) is 0 Å². The van der Waals surface area contributed by atoms with E-state index in [0.29, 0.717) is 6.42 Å². The molecule has 0 rings (SSSR count). The lowest BCUT2D eigenvalue weighted by Crippen LogP contribution is -2.32. The topological polar surface area (TPSA) is 80.9 Å². The molecule has 88 valence electrons. The maximum absolute atomic E-state index is 8.84. The van der Waals surface area contributed by atoms with E-state index < -0.39 is 23.9 Å². The van der Waals surface area contributed by atoms with Crippen LogP contribution in [0, 0.1) is 0 Å². The van der Waals surface area contributed by atoms with E-state index in [4.69, 9.17) is 20.4 Å².